The standard InChI is InChI=1S/C24H20N6O2S/c1-17-22(23(31)30(28(17)2)19-7-4-3-5-8-19)27-24-29(26-15-18-10-12-25-13-11-18)20(16-33-24)21-9-6-14-32-21/h3-16H,1-2H3. The average Bonchev–Trinajstić information content (AvgIpc) is 3.56. The molecule has 164 valence electrons. The summed E-state index contributed by atoms with van der Waals surface area (Å²) in [4.78, 5) is 22.7. The van der Waals surface area contributed by atoms with E-state index in [-0.39, 0.29) is 5.56 Å². The molecule has 0 unspecified atom stereocenters. The summed E-state index contributed by atoms with van der Waals surface area (Å²) in [6.07, 6.45) is 6.75. The number of pyridine rings is 1. The Labute approximate surface area is 193 Å². The highest BCUT2D eigenvalue weighted by Crippen LogP contribution is 2.22. The molecule has 0 N–H and O–H groups in total. The van der Waals surface area contributed by atoms with Gasteiger partial charge in [0.2, 0.25) is 4.80 Å². The van der Waals surface area contributed by atoms with Gasteiger partial charge in [0.15, 0.2) is 11.4 Å². The summed E-state index contributed by atoms with van der Waals surface area (Å²) >= 11 is 1.39. The molecule has 0 fully saturated rings. The molecule has 1 aromatic carbocycles. The van der Waals surface area contributed by atoms with Crippen LogP contribution >= 0.6 is 11.3 Å². The van der Waals surface area contributed by atoms with Gasteiger partial charge in [-0.1, -0.05) is 18.2 Å². The Morgan fingerprint density at radius 3 is 2.58 bits per heavy atom. The van der Waals surface area contributed by atoms with Crippen molar-refractivity contribution in [2.24, 2.45) is 17.1 Å². The summed E-state index contributed by atoms with van der Waals surface area (Å²) in [5.74, 6) is 0.658. The van der Waals surface area contributed by atoms with Gasteiger partial charge in [-0.05, 0) is 48.9 Å². The van der Waals surface area contributed by atoms with Crippen LogP contribution in [0.2, 0.25) is 0 Å². The number of rotatable bonds is 5. The molecular weight excluding hydrogens is 436 g/mol. The summed E-state index contributed by atoms with van der Waals surface area (Å²) in [7, 11) is 1.85. The number of nitrogens with zero attached hydrogens (tertiary/aromatic N) is 6. The van der Waals surface area contributed by atoms with E-state index in [1.165, 1.54) is 11.3 Å². The van der Waals surface area contributed by atoms with E-state index >= 15 is 0 Å². The van der Waals surface area contributed by atoms with Crippen molar-refractivity contribution in [3.63, 3.8) is 0 Å². The molecule has 0 aliphatic heterocycles. The molecule has 0 aliphatic rings. The van der Waals surface area contributed by atoms with Crippen LogP contribution in [0.5, 0.6) is 0 Å². The lowest BCUT2D eigenvalue weighted by atomic mass is 10.3. The zero-order valence-electron chi connectivity index (χ0n) is 18.0. The zero-order valence-corrected chi connectivity index (χ0v) is 18.8. The van der Waals surface area contributed by atoms with Gasteiger partial charge < -0.3 is 4.42 Å². The largest absolute Gasteiger partial charge is 0.463 e. The van der Waals surface area contributed by atoms with Gasteiger partial charge in [-0.2, -0.15) is 5.10 Å². The van der Waals surface area contributed by atoms with Gasteiger partial charge in [-0.25, -0.2) is 14.4 Å². The second-order valence-electron chi connectivity index (χ2n) is 7.24. The molecule has 4 heterocycles. The first-order valence-electron chi connectivity index (χ1n) is 10.2. The van der Waals surface area contributed by atoms with Crippen LogP contribution in [-0.4, -0.2) is 25.2 Å². The minimum Gasteiger partial charge on any atom is -0.463 e. The van der Waals surface area contributed by atoms with E-state index in [1.807, 2.05) is 78.6 Å². The van der Waals surface area contributed by atoms with Crippen molar-refractivity contribution in [2.45, 2.75) is 6.92 Å². The normalized spacial score (nSPS) is 12.1. The highest BCUT2D eigenvalue weighted by atomic mass is 32.1. The molecule has 0 amide bonds. The Kier molecular flexibility index (Phi) is 5.45. The number of benzene rings is 1. The highest BCUT2D eigenvalue weighted by Gasteiger charge is 2.17. The van der Waals surface area contributed by atoms with E-state index < -0.39 is 0 Å². The van der Waals surface area contributed by atoms with Crippen molar-refractivity contribution in [1.82, 2.24) is 19.0 Å². The molecule has 0 saturated carbocycles. The molecule has 5 aromatic rings. The van der Waals surface area contributed by atoms with Crippen LogP contribution < -0.4 is 10.4 Å². The third kappa shape index (κ3) is 3.90. The van der Waals surface area contributed by atoms with Crippen molar-refractivity contribution in [1.29, 1.82) is 0 Å². The van der Waals surface area contributed by atoms with Crippen molar-refractivity contribution in [3.05, 3.63) is 105 Å². The molecular formula is C24H20N6O2S. The fraction of sp³-hybridized carbons (Fsp3) is 0.0833. The number of hydrogen-bond donors (Lipinski definition) is 0. The van der Waals surface area contributed by atoms with Crippen LogP contribution in [0.25, 0.3) is 17.1 Å². The molecule has 0 spiro atoms. The summed E-state index contributed by atoms with van der Waals surface area (Å²) in [6.45, 7) is 1.88. The van der Waals surface area contributed by atoms with Crippen molar-refractivity contribution in [2.75, 3.05) is 0 Å². The molecule has 9 heteroatoms. The van der Waals surface area contributed by atoms with Crippen molar-refractivity contribution >= 4 is 23.2 Å². The highest BCUT2D eigenvalue weighted by molar-refractivity contribution is 7.07. The number of aromatic nitrogens is 4. The predicted molar refractivity (Wildman–Crippen MR) is 128 cm³/mol. The first-order chi connectivity index (χ1) is 16.1. The van der Waals surface area contributed by atoms with Gasteiger partial charge in [0, 0.05) is 24.8 Å². The van der Waals surface area contributed by atoms with E-state index in [4.69, 9.17) is 9.41 Å². The van der Waals surface area contributed by atoms with E-state index in [1.54, 1.807) is 34.2 Å². The predicted octanol–water partition coefficient (Wildman–Crippen LogP) is 4.12. The van der Waals surface area contributed by atoms with E-state index in [9.17, 15) is 4.79 Å². The van der Waals surface area contributed by atoms with Gasteiger partial charge >= 0.3 is 0 Å². The fourth-order valence-electron chi connectivity index (χ4n) is 3.44. The molecule has 0 bridgehead atoms. The first kappa shape index (κ1) is 20.7. The molecule has 33 heavy (non-hydrogen) atoms. The van der Waals surface area contributed by atoms with Gasteiger partial charge in [0.05, 0.1) is 23.9 Å². The molecule has 4 aromatic heterocycles. The Hall–Kier alpha value is -4.24. The Morgan fingerprint density at radius 1 is 1.06 bits per heavy atom. The van der Waals surface area contributed by atoms with Crippen LogP contribution in [0.15, 0.2) is 97.9 Å². The summed E-state index contributed by atoms with van der Waals surface area (Å²) < 4.78 is 10.7. The van der Waals surface area contributed by atoms with Crippen LogP contribution in [0.1, 0.15) is 11.3 Å². The summed E-state index contributed by atoms with van der Waals surface area (Å²) in [6, 6.07) is 16.9. The maximum Gasteiger partial charge on any atom is 0.297 e. The number of hydrogen-bond acceptors (Lipinski definition) is 6. The minimum atomic E-state index is -0.196. The van der Waals surface area contributed by atoms with Gasteiger partial charge in [0.25, 0.3) is 5.56 Å². The van der Waals surface area contributed by atoms with Crippen LogP contribution in [0.3, 0.4) is 0 Å². The van der Waals surface area contributed by atoms with Crippen molar-refractivity contribution < 1.29 is 4.42 Å². The SMILES string of the molecule is Cc1c(N=c2scc(-c3ccco3)n2N=Cc2ccncc2)c(=O)n(-c2ccccc2)n1C. The van der Waals surface area contributed by atoms with Crippen LogP contribution in [0.4, 0.5) is 5.69 Å². The Bertz CT molecular complexity index is 1540. The number of furan rings is 1. The smallest absolute Gasteiger partial charge is 0.297 e. The third-order valence-corrected chi connectivity index (χ3v) is 6.03. The second-order valence-corrected chi connectivity index (χ2v) is 8.08. The Balaban J connectivity index is 1.69. The maximum atomic E-state index is 13.3. The zero-order chi connectivity index (χ0) is 22.8. The van der Waals surface area contributed by atoms with Crippen LogP contribution in [-0.2, 0) is 7.05 Å². The monoisotopic (exact) mass is 456 g/mol. The average molecular weight is 457 g/mol. The van der Waals surface area contributed by atoms with Gasteiger partial charge in [0.1, 0.15) is 5.69 Å². The summed E-state index contributed by atoms with van der Waals surface area (Å²) in [5.41, 5.74) is 3.33. The molecule has 5 rings (SSSR count). The lowest BCUT2D eigenvalue weighted by Gasteiger charge is -2.07. The van der Waals surface area contributed by atoms with E-state index in [0.717, 1.165) is 22.6 Å². The van der Waals surface area contributed by atoms with Gasteiger partial charge in [-0.15, -0.1) is 11.3 Å². The molecule has 8 nitrogen and oxygen atoms in total. The van der Waals surface area contributed by atoms with E-state index in [2.05, 4.69) is 10.1 Å². The topological polar surface area (TPSA) is 82.6 Å². The lowest BCUT2D eigenvalue weighted by Crippen LogP contribution is -2.19. The second kappa shape index (κ2) is 8.71. The van der Waals surface area contributed by atoms with Crippen LogP contribution in [0, 0.1) is 6.92 Å². The maximum absolute atomic E-state index is 13.3. The summed E-state index contributed by atoms with van der Waals surface area (Å²) in [5, 5.41) is 6.55. The Morgan fingerprint density at radius 2 is 1.85 bits per heavy atom. The minimum absolute atomic E-state index is 0.196. The number of thiazole rings is 1. The molecule has 0 saturated heterocycles. The number of para-hydroxylation sites is 1. The van der Waals surface area contributed by atoms with Gasteiger partial charge in [-0.3, -0.25) is 14.5 Å². The molecule has 0 radical (unpaired) electrons. The third-order valence-electron chi connectivity index (χ3n) is 5.22. The quantitative estimate of drug-likeness (QED) is 0.373. The first-order valence-corrected chi connectivity index (χ1v) is 11.1. The van der Waals surface area contributed by atoms with E-state index in [0.29, 0.717) is 16.2 Å². The molecule has 0 aliphatic carbocycles. The molecule has 0 atom stereocenters. The van der Waals surface area contributed by atoms with Crippen molar-refractivity contribution in [3.8, 4) is 17.1 Å². The fourth-order valence-corrected chi connectivity index (χ4v) is 4.26. The lowest BCUT2D eigenvalue weighted by molar-refractivity contribution is 0.575.